The van der Waals surface area contributed by atoms with Gasteiger partial charge in [-0.05, 0) is 107 Å². The summed E-state index contributed by atoms with van der Waals surface area (Å²) >= 11 is 0. The number of piperidine rings is 1. The number of hydrazine groups is 1. The summed E-state index contributed by atoms with van der Waals surface area (Å²) in [6.07, 6.45) is 6.59. The molecule has 13 nitrogen and oxygen atoms in total. The van der Waals surface area contributed by atoms with Crippen LogP contribution in [-0.4, -0.2) is 127 Å². The van der Waals surface area contributed by atoms with E-state index < -0.39 is 17.5 Å². The van der Waals surface area contributed by atoms with Gasteiger partial charge < -0.3 is 34.1 Å². The number of aryl methyl sites for hydroxylation is 1. The number of nitrogens with one attached hydrogen (secondary N) is 2. The number of pyridine rings is 1. The van der Waals surface area contributed by atoms with Crippen LogP contribution in [-0.2, 0) is 36.8 Å². The highest BCUT2D eigenvalue weighted by atomic mass is 16.5. The van der Waals surface area contributed by atoms with Crippen LogP contribution in [0.5, 0.6) is 0 Å². The molecule has 1 unspecified atom stereocenters. The average Bonchev–Trinajstić information content (AvgIpc) is 3.91. The molecule has 13 heteroatoms. The van der Waals surface area contributed by atoms with Gasteiger partial charge in [-0.1, -0.05) is 26.8 Å². The third-order valence-electron chi connectivity index (χ3n) is 13.8. The SMILES string of the molecule is CCn1c(-c2cc(N3CCN(C)CC3)cnc2[C@H](C)OC)c2c3cc(ccc31)[C@@H]1CCCN(C1)C[C@H](NC(=O)[C@H]1C[C@@H]1C)C(=O)N1CCC[C@H](N1)C(=O)OCC(C)(C)C2. The minimum atomic E-state index is -0.719. The highest BCUT2D eigenvalue weighted by Gasteiger charge is 2.42. The second-order valence-corrected chi connectivity index (χ2v) is 18.9. The summed E-state index contributed by atoms with van der Waals surface area (Å²) in [5.41, 5.74) is 10.7. The van der Waals surface area contributed by atoms with Crippen LogP contribution < -0.4 is 15.6 Å². The number of nitrogens with zero attached hydrogens (tertiary/aromatic N) is 6. The van der Waals surface area contributed by atoms with E-state index in [4.69, 9.17) is 14.5 Å². The first kappa shape index (κ1) is 41.7. The lowest BCUT2D eigenvalue weighted by Gasteiger charge is -2.38. The van der Waals surface area contributed by atoms with Gasteiger partial charge in [0.05, 0.1) is 36.0 Å². The summed E-state index contributed by atoms with van der Waals surface area (Å²) in [5, 5.41) is 5.93. The lowest BCUT2D eigenvalue weighted by atomic mass is 9.83. The normalized spacial score (nSPS) is 28.5. The summed E-state index contributed by atoms with van der Waals surface area (Å²) in [4.78, 5) is 53.8. The number of cyclic esters (lactones) is 1. The van der Waals surface area contributed by atoms with Gasteiger partial charge in [0.25, 0.3) is 5.91 Å². The number of esters is 1. The molecule has 0 spiro atoms. The number of anilines is 1. The van der Waals surface area contributed by atoms with Crippen LogP contribution in [0.2, 0.25) is 0 Å². The molecule has 4 aliphatic heterocycles. The molecular formula is C46H66N8O5. The van der Waals surface area contributed by atoms with E-state index in [1.807, 2.05) is 6.20 Å². The van der Waals surface area contributed by atoms with Gasteiger partial charge in [-0.3, -0.25) is 24.4 Å². The summed E-state index contributed by atoms with van der Waals surface area (Å²) in [7, 11) is 3.92. The Morgan fingerprint density at radius 2 is 1.83 bits per heavy atom. The van der Waals surface area contributed by atoms with E-state index in [1.165, 1.54) is 22.0 Å². The molecule has 7 atom stereocenters. The van der Waals surface area contributed by atoms with E-state index in [0.717, 1.165) is 87.7 Å². The van der Waals surface area contributed by atoms with E-state index in [1.54, 1.807) is 12.1 Å². The fourth-order valence-electron chi connectivity index (χ4n) is 9.94. The van der Waals surface area contributed by atoms with Crippen molar-refractivity contribution in [1.82, 2.24) is 35.1 Å². The molecule has 3 saturated heterocycles. The minimum Gasteiger partial charge on any atom is -0.464 e. The molecule has 1 aliphatic carbocycles. The van der Waals surface area contributed by atoms with Gasteiger partial charge in [-0.15, -0.1) is 0 Å². The van der Waals surface area contributed by atoms with E-state index in [9.17, 15) is 14.4 Å². The number of piperazine rings is 1. The Bertz CT molecular complexity index is 2040. The Balaban J connectivity index is 1.23. The summed E-state index contributed by atoms with van der Waals surface area (Å²) in [6.45, 7) is 18.1. The molecule has 5 aliphatic rings. The predicted molar refractivity (Wildman–Crippen MR) is 230 cm³/mol. The van der Waals surface area contributed by atoms with Crippen molar-refractivity contribution >= 4 is 34.4 Å². The van der Waals surface area contributed by atoms with Crippen molar-refractivity contribution in [3.63, 3.8) is 0 Å². The zero-order chi connectivity index (χ0) is 41.6. The monoisotopic (exact) mass is 811 g/mol. The number of aromatic nitrogens is 2. The molecule has 1 saturated carbocycles. The van der Waals surface area contributed by atoms with Crippen molar-refractivity contribution in [2.24, 2.45) is 17.3 Å². The number of carbonyl (C=O) groups excluding carboxylic acids is 3. The third-order valence-corrected chi connectivity index (χ3v) is 13.8. The van der Waals surface area contributed by atoms with Crippen molar-refractivity contribution in [3.8, 4) is 11.3 Å². The number of rotatable bonds is 7. The smallest absolute Gasteiger partial charge is 0.324 e. The van der Waals surface area contributed by atoms with Crippen LogP contribution in [0.3, 0.4) is 0 Å². The lowest BCUT2D eigenvalue weighted by molar-refractivity contribution is -0.155. The zero-order valence-corrected chi connectivity index (χ0v) is 36.4. The first-order valence-electron chi connectivity index (χ1n) is 22.2. The Hall–Kier alpha value is -4.04. The number of hydrogen-bond donors (Lipinski definition) is 2. The first-order valence-corrected chi connectivity index (χ1v) is 22.2. The van der Waals surface area contributed by atoms with Gasteiger partial charge in [-0.2, -0.15) is 0 Å². The van der Waals surface area contributed by atoms with E-state index >= 15 is 0 Å². The van der Waals surface area contributed by atoms with E-state index in [-0.39, 0.29) is 42.3 Å². The molecule has 8 rings (SSSR count). The van der Waals surface area contributed by atoms with Crippen LogP contribution in [0.4, 0.5) is 5.69 Å². The number of methoxy groups -OCH3 is 1. The third kappa shape index (κ3) is 8.76. The Labute approximate surface area is 350 Å². The molecule has 0 radical (unpaired) electrons. The number of ether oxygens (including phenoxy) is 2. The van der Waals surface area contributed by atoms with Gasteiger partial charge in [-0.25, -0.2) is 5.43 Å². The highest BCUT2D eigenvalue weighted by Crippen LogP contribution is 2.43. The number of benzene rings is 1. The van der Waals surface area contributed by atoms with Crippen LogP contribution >= 0.6 is 0 Å². The first-order chi connectivity index (χ1) is 28.3. The molecular weight excluding hydrogens is 745 g/mol. The maximum atomic E-state index is 14.3. The molecule has 6 heterocycles. The molecule has 59 heavy (non-hydrogen) atoms. The van der Waals surface area contributed by atoms with Crippen molar-refractivity contribution < 1.29 is 23.9 Å². The lowest BCUT2D eigenvalue weighted by Crippen LogP contribution is -2.62. The quantitative estimate of drug-likeness (QED) is 0.311. The number of amides is 2. The van der Waals surface area contributed by atoms with Gasteiger partial charge in [0.15, 0.2) is 0 Å². The molecule has 3 aromatic rings. The van der Waals surface area contributed by atoms with Crippen molar-refractivity contribution in [3.05, 3.63) is 47.3 Å². The molecule has 6 bridgehead atoms. The molecule has 2 amide bonds. The maximum Gasteiger partial charge on any atom is 0.324 e. The summed E-state index contributed by atoms with van der Waals surface area (Å²) < 4.78 is 14.6. The van der Waals surface area contributed by atoms with E-state index in [0.29, 0.717) is 38.3 Å². The minimum absolute atomic E-state index is 0.0505. The van der Waals surface area contributed by atoms with Crippen molar-refractivity contribution in [1.29, 1.82) is 0 Å². The highest BCUT2D eigenvalue weighted by molar-refractivity contribution is 5.94. The maximum absolute atomic E-state index is 14.3. The molecule has 2 aromatic heterocycles. The number of carbonyl (C=O) groups is 3. The number of fused-ring (bicyclic) bond motifs is 6. The van der Waals surface area contributed by atoms with Crippen molar-refractivity contribution in [2.45, 2.75) is 104 Å². The van der Waals surface area contributed by atoms with Gasteiger partial charge in [0.2, 0.25) is 5.91 Å². The fourth-order valence-corrected chi connectivity index (χ4v) is 9.94. The largest absolute Gasteiger partial charge is 0.464 e. The topological polar surface area (TPSA) is 125 Å². The van der Waals surface area contributed by atoms with Crippen LogP contribution in [0.15, 0.2) is 30.5 Å². The van der Waals surface area contributed by atoms with Crippen LogP contribution in [0.1, 0.15) is 95.6 Å². The Kier molecular flexibility index (Phi) is 12.1. The van der Waals surface area contributed by atoms with Gasteiger partial charge in [0.1, 0.15) is 12.1 Å². The Morgan fingerprint density at radius 3 is 2.56 bits per heavy atom. The summed E-state index contributed by atoms with van der Waals surface area (Å²) in [5.74, 6) is -0.0628. The summed E-state index contributed by atoms with van der Waals surface area (Å²) in [6, 6.07) is 7.98. The fraction of sp³-hybridized carbons (Fsp3) is 0.652. The molecule has 320 valence electrons. The molecule has 4 fully saturated rings. The average molecular weight is 811 g/mol. The number of likely N-dealkylation sites (N-methyl/N-ethyl adjacent to an activating group) is 1. The molecule has 2 N–H and O–H groups in total. The zero-order valence-electron chi connectivity index (χ0n) is 36.4. The van der Waals surface area contributed by atoms with Crippen LogP contribution in [0, 0.1) is 17.3 Å². The standard InChI is InChI=1S/C46H66N8O5/c1-8-53-40-14-13-31-22-35(40)37(42(53)36-23-33(25-47-41(36)30(3)58-7)52-19-17-50(6)18-20-52)24-46(4,5)28-59-45(57)38-12-10-16-54(49-38)44(56)39(48-43(55)34-21-29(34)2)27-51-15-9-11-32(31)26-51/h13-14,22-23,25,29-30,32,34,38-39,49H,8-12,15-21,24,26-28H2,1-7H3,(H,48,55)/t29-,30-,32+,34-,38-,39-/m0/s1. The second-order valence-electron chi connectivity index (χ2n) is 18.9. The predicted octanol–water partition coefficient (Wildman–Crippen LogP) is 5.12. The van der Waals surface area contributed by atoms with E-state index in [2.05, 4.69) is 95.9 Å². The number of hydrogen-bond acceptors (Lipinski definition) is 10. The second kappa shape index (κ2) is 17.1. The van der Waals surface area contributed by atoms with Crippen LogP contribution in [0.25, 0.3) is 22.2 Å². The molecule has 1 aromatic carbocycles. The van der Waals surface area contributed by atoms with Crippen molar-refractivity contribution in [2.75, 3.05) is 78.0 Å². The van der Waals surface area contributed by atoms with Gasteiger partial charge in [0, 0.05) is 87.3 Å². The Morgan fingerprint density at radius 1 is 1.07 bits per heavy atom. The van der Waals surface area contributed by atoms with Gasteiger partial charge >= 0.3 is 5.97 Å².